The Morgan fingerprint density at radius 2 is 1.03 bits per heavy atom. The van der Waals surface area contributed by atoms with E-state index in [1.165, 1.54) is 54.9 Å². The molecule has 2 aliphatic carbocycles. The molecule has 1 heterocycles. The van der Waals surface area contributed by atoms with Gasteiger partial charge in [-0.3, -0.25) is 0 Å². The van der Waals surface area contributed by atoms with Crippen molar-refractivity contribution in [3.63, 3.8) is 0 Å². The molecule has 0 N–H and O–H groups in total. The third-order valence-corrected chi connectivity index (χ3v) is 25.1. The monoisotopic (exact) mass is 574 g/mol. The number of hydrogen-bond acceptors (Lipinski definition) is 0. The van der Waals surface area contributed by atoms with Crippen molar-refractivity contribution < 1.29 is 17.9 Å². The summed E-state index contributed by atoms with van der Waals surface area (Å²) in [5.74, 6) is 0. The van der Waals surface area contributed by atoms with Crippen molar-refractivity contribution in [1.29, 1.82) is 0 Å². The van der Waals surface area contributed by atoms with Crippen LogP contribution in [0.2, 0.25) is 13.1 Å². The number of allylic oxidation sites excluding steroid dienone is 2. The third-order valence-electron chi connectivity index (χ3n) is 8.72. The van der Waals surface area contributed by atoms with E-state index in [2.05, 4.69) is 99.7 Å². The zero-order valence-corrected chi connectivity index (χ0v) is 24.8. The Bertz CT molecular complexity index is 1520. The molecule has 0 amide bonds. The van der Waals surface area contributed by atoms with Crippen molar-refractivity contribution in [2.24, 2.45) is 0 Å². The van der Waals surface area contributed by atoms with Gasteiger partial charge in [0.25, 0.3) is 0 Å². The summed E-state index contributed by atoms with van der Waals surface area (Å²) >= 11 is -3.84. The molecule has 0 fully saturated rings. The molecule has 2 unspecified atom stereocenters. The van der Waals surface area contributed by atoms with Crippen molar-refractivity contribution in [2.45, 2.75) is 34.2 Å². The number of benzene rings is 4. The minimum atomic E-state index is -3.84. The fraction of sp³-hybridized carbons (Fsp3) is 0.200. The van der Waals surface area contributed by atoms with Gasteiger partial charge >= 0.3 is 215 Å². The van der Waals surface area contributed by atoms with E-state index >= 15 is 0 Å². The molecule has 2 atom stereocenters. The third kappa shape index (κ3) is 2.54. The van der Waals surface area contributed by atoms with Gasteiger partial charge in [0, 0.05) is 0 Å². The Labute approximate surface area is 213 Å². The van der Waals surface area contributed by atoms with Crippen LogP contribution in [-0.2, 0) is 17.9 Å². The molecule has 4 heteroatoms. The molecule has 0 saturated carbocycles. The number of halogens is 2. The van der Waals surface area contributed by atoms with Crippen LogP contribution in [0.25, 0.3) is 31.9 Å². The molecule has 0 nitrogen and oxygen atoms in total. The van der Waals surface area contributed by atoms with Crippen LogP contribution in [0.1, 0.15) is 43.4 Å². The molecule has 0 radical (unpaired) electrons. The molecule has 4 aromatic carbocycles. The normalized spacial score (nSPS) is 23.8. The van der Waals surface area contributed by atoms with Crippen LogP contribution in [0.3, 0.4) is 0 Å². The summed E-state index contributed by atoms with van der Waals surface area (Å²) in [6, 6.07) is 27.0. The fourth-order valence-corrected chi connectivity index (χ4v) is 26.9. The van der Waals surface area contributed by atoms with E-state index < -0.39 is 26.0 Å². The zero-order valence-electron chi connectivity index (χ0n) is 19.8. The van der Waals surface area contributed by atoms with Crippen LogP contribution < -0.4 is 0 Å². The van der Waals surface area contributed by atoms with E-state index in [1.807, 2.05) is 0 Å². The second kappa shape index (κ2) is 7.07. The molecule has 34 heavy (non-hydrogen) atoms. The van der Waals surface area contributed by atoms with Gasteiger partial charge in [0.05, 0.1) is 0 Å². The van der Waals surface area contributed by atoms with Gasteiger partial charge in [-0.1, -0.05) is 0 Å². The molecule has 168 valence electrons. The molecule has 1 aliphatic heterocycles. The van der Waals surface area contributed by atoms with Crippen molar-refractivity contribution in [2.75, 3.05) is 0 Å². The quantitative estimate of drug-likeness (QED) is 0.183. The summed E-state index contributed by atoms with van der Waals surface area (Å²) in [6.45, 7) is 9.84. The van der Waals surface area contributed by atoms with Crippen LogP contribution in [-0.4, -0.2) is 8.07 Å². The van der Waals surface area contributed by atoms with E-state index in [4.69, 9.17) is 17.0 Å². The van der Waals surface area contributed by atoms with Gasteiger partial charge in [-0.05, 0) is 0 Å². The second-order valence-electron chi connectivity index (χ2n) is 10.8. The van der Waals surface area contributed by atoms with Crippen LogP contribution >= 0.6 is 17.0 Å². The maximum atomic E-state index is 7.80. The predicted octanol–water partition coefficient (Wildman–Crippen LogP) is 9.61. The molecule has 4 bridgehead atoms. The van der Waals surface area contributed by atoms with Crippen LogP contribution in [0.5, 0.6) is 0 Å². The van der Waals surface area contributed by atoms with Gasteiger partial charge in [0.15, 0.2) is 0 Å². The Morgan fingerprint density at radius 3 is 1.47 bits per heavy atom. The first-order chi connectivity index (χ1) is 16.2. The molecule has 0 saturated heterocycles. The molecule has 7 rings (SSSR count). The number of rotatable bonds is 0. The molecule has 0 spiro atoms. The van der Waals surface area contributed by atoms with Crippen molar-refractivity contribution in [1.82, 2.24) is 0 Å². The van der Waals surface area contributed by atoms with E-state index in [1.54, 1.807) is 10.4 Å². The maximum absolute atomic E-state index is 7.80. The van der Waals surface area contributed by atoms with E-state index in [-0.39, 0.29) is 7.25 Å². The Morgan fingerprint density at radius 1 is 0.618 bits per heavy atom. The van der Waals surface area contributed by atoms with Gasteiger partial charge in [0.2, 0.25) is 0 Å². The zero-order chi connectivity index (χ0) is 23.6. The van der Waals surface area contributed by atoms with Gasteiger partial charge in [-0.15, -0.1) is 0 Å². The van der Waals surface area contributed by atoms with Crippen LogP contribution in [0.4, 0.5) is 0 Å². The SMILES string of the molecule is CC1=C2c3c(ccc4ccccc34)[CH]1[Zr]([Cl])([Cl])[CH]1C(C)=C(c3c1ccc1ccccc31)[Si]2(C)C. The summed E-state index contributed by atoms with van der Waals surface area (Å²) in [6.07, 6.45) is 0. The number of hydrogen-bond donors (Lipinski definition) is 0. The molecule has 3 aliphatic rings. The predicted molar refractivity (Wildman–Crippen MR) is 148 cm³/mol. The van der Waals surface area contributed by atoms with Crippen molar-refractivity contribution >= 4 is 57.0 Å². The van der Waals surface area contributed by atoms with Gasteiger partial charge in [0.1, 0.15) is 0 Å². The number of fused-ring (bicyclic) bond motifs is 12. The first kappa shape index (κ1) is 21.8. The van der Waals surface area contributed by atoms with Gasteiger partial charge in [-0.2, -0.15) is 0 Å². The first-order valence-electron chi connectivity index (χ1n) is 12.1. The topological polar surface area (TPSA) is 0 Å². The summed E-state index contributed by atoms with van der Waals surface area (Å²) in [7, 11) is 13.5. The van der Waals surface area contributed by atoms with Crippen molar-refractivity contribution in [3.05, 3.63) is 106 Å². The van der Waals surface area contributed by atoms with Crippen molar-refractivity contribution in [3.8, 4) is 0 Å². The first-order valence-corrected chi connectivity index (χ1v) is 24.3. The fourth-order valence-electron chi connectivity index (χ4n) is 7.66. The molecule has 4 aromatic rings. The summed E-state index contributed by atoms with van der Waals surface area (Å²) in [5, 5.41) is 8.51. The Kier molecular flexibility index (Phi) is 4.54. The van der Waals surface area contributed by atoms with Crippen LogP contribution in [0, 0.1) is 0 Å². The van der Waals surface area contributed by atoms with E-state index in [9.17, 15) is 0 Å². The van der Waals surface area contributed by atoms with Crippen LogP contribution in [0.15, 0.2) is 83.9 Å². The Balaban J connectivity index is 1.65. The molecular formula is C30H26Cl2SiZr. The Hall–Kier alpha value is -1.44. The average molecular weight is 577 g/mol. The second-order valence-corrected chi connectivity index (χ2v) is 29.7. The van der Waals surface area contributed by atoms with E-state index in [0.717, 1.165) is 0 Å². The molecular weight excluding hydrogens is 551 g/mol. The van der Waals surface area contributed by atoms with Gasteiger partial charge in [-0.25, -0.2) is 0 Å². The summed E-state index contributed by atoms with van der Waals surface area (Å²) < 4.78 is 0.385. The standard InChI is InChI=1S/C30H26Si.2ClH.Zr/c1-19-17-23-15-13-21-9-5-7-11-25(21)27(23)29(19)31(3,4)30-20(2)18-24-16-14-22-10-6-8-12-26(22)28(24)30;;;/h5-18H,1-4H3;2*1H;/q;;;+2/p-2. The summed E-state index contributed by atoms with van der Waals surface area (Å²) in [5.41, 5.74) is 8.64. The molecule has 0 aromatic heterocycles. The minimum absolute atomic E-state index is 0.193. The average Bonchev–Trinajstić information content (AvgIpc) is 3.31. The van der Waals surface area contributed by atoms with E-state index in [0.29, 0.717) is 0 Å². The van der Waals surface area contributed by atoms with Gasteiger partial charge < -0.3 is 0 Å². The summed E-state index contributed by atoms with van der Waals surface area (Å²) in [4.78, 5) is 0.